The van der Waals surface area contributed by atoms with E-state index in [4.69, 9.17) is 9.26 Å². The number of halogens is 1. The highest BCUT2D eigenvalue weighted by Gasteiger charge is 2.14. The summed E-state index contributed by atoms with van der Waals surface area (Å²) < 4.78 is 24.9. The van der Waals surface area contributed by atoms with Crippen molar-refractivity contribution in [3.05, 3.63) is 78.6 Å². The Morgan fingerprint density at radius 1 is 0.966 bits per heavy atom. The lowest BCUT2D eigenvalue weighted by molar-refractivity contribution is -0.114. The first-order chi connectivity index (χ1) is 14.1. The average molecular weight is 389 g/mol. The molecule has 1 aromatic heterocycles. The van der Waals surface area contributed by atoms with Crippen LogP contribution in [0.15, 0.2) is 77.3 Å². The Kier molecular flexibility index (Phi) is 5.03. The Morgan fingerprint density at radius 2 is 1.62 bits per heavy atom. The minimum absolute atomic E-state index is 0.123. The van der Waals surface area contributed by atoms with Gasteiger partial charge in [-0.2, -0.15) is 4.98 Å². The van der Waals surface area contributed by atoms with Gasteiger partial charge in [-0.3, -0.25) is 4.79 Å². The van der Waals surface area contributed by atoms with Gasteiger partial charge in [0.15, 0.2) is 0 Å². The monoisotopic (exact) mass is 389 g/mol. The lowest BCUT2D eigenvalue weighted by Crippen LogP contribution is -2.05. The van der Waals surface area contributed by atoms with E-state index >= 15 is 0 Å². The molecule has 7 heteroatoms. The minimum Gasteiger partial charge on any atom is -0.457 e. The first kappa shape index (κ1) is 18.4. The molecule has 0 atom stereocenters. The molecule has 144 valence electrons. The zero-order valence-corrected chi connectivity index (χ0v) is 15.4. The molecule has 0 aliphatic rings. The fraction of sp³-hybridized carbons (Fsp3) is 0.0455. The molecule has 0 aliphatic heterocycles. The number of carbonyl (C=O) groups is 1. The summed E-state index contributed by atoms with van der Waals surface area (Å²) in [7, 11) is 0. The van der Waals surface area contributed by atoms with Crippen molar-refractivity contribution in [1.29, 1.82) is 0 Å². The maximum absolute atomic E-state index is 13.9. The van der Waals surface area contributed by atoms with Crippen molar-refractivity contribution in [2.75, 3.05) is 5.32 Å². The van der Waals surface area contributed by atoms with E-state index in [1.54, 1.807) is 66.7 Å². The number of hydrogen-bond donors (Lipinski definition) is 1. The normalized spacial score (nSPS) is 10.6. The van der Waals surface area contributed by atoms with Gasteiger partial charge in [-0.1, -0.05) is 17.3 Å². The van der Waals surface area contributed by atoms with E-state index in [1.807, 2.05) is 0 Å². The fourth-order valence-electron chi connectivity index (χ4n) is 2.70. The van der Waals surface area contributed by atoms with Gasteiger partial charge in [0.25, 0.3) is 5.89 Å². The quantitative estimate of drug-likeness (QED) is 0.502. The number of ether oxygens (including phenoxy) is 1. The van der Waals surface area contributed by atoms with E-state index in [9.17, 15) is 9.18 Å². The summed E-state index contributed by atoms with van der Waals surface area (Å²) in [6.07, 6.45) is 0. The molecule has 0 fully saturated rings. The van der Waals surface area contributed by atoms with Gasteiger partial charge in [0.1, 0.15) is 17.3 Å². The van der Waals surface area contributed by atoms with Crippen molar-refractivity contribution in [3.63, 3.8) is 0 Å². The van der Waals surface area contributed by atoms with Crippen molar-refractivity contribution in [2.24, 2.45) is 0 Å². The topological polar surface area (TPSA) is 77.2 Å². The molecular weight excluding hydrogens is 373 g/mol. The van der Waals surface area contributed by atoms with E-state index in [0.717, 1.165) is 0 Å². The molecule has 29 heavy (non-hydrogen) atoms. The largest absolute Gasteiger partial charge is 0.457 e. The molecule has 4 rings (SSSR count). The van der Waals surface area contributed by atoms with Gasteiger partial charge in [0.2, 0.25) is 11.7 Å². The van der Waals surface area contributed by atoms with Gasteiger partial charge in [0.05, 0.1) is 5.56 Å². The molecular formula is C22H16FN3O3. The second-order valence-corrected chi connectivity index (χ2v) is 6.23. The summed E-state index contributed by atoms with van der Waals surface area (Å²) in [4.78, 5) is 15.3. The highest BCUT2D eigenvalue weighted by Crippen LogP contribution is 2.27. The molecule has 1 amide bonds. The second-order valence-electron chi connectivity index (χ2n) is 6.23. The summed E-state index contributed by atoms with van der Waals surface area (Å²) in [5.41, 5.74) is 1.67. The zero-order valence-electron chi connectivity index (χ0n) is 15.4. The predicted octanol–water partition coefficient (Wildman–Crippen LogP) is 5.29. The number of carbonyl (C=O) groups excluding carboxylic acids is 1. The molecule has 0 radical (unpaired) electrons. The smallest absolute Gasteiger partial charge is 0.261 e. The number of amides is 1. The summed E-state index contributed by atoms with van der Waals surface area (Å²) in [6, 6.07) is 20.4. The minimum atomic E-state index is -0.420. The lowest BCUT2D eigenvalue weighted by Gasteiger charge is -2.07. The van der Waals surface area contributed by atoms with Crippen LogP contribution in [-0.4, -0.2) is 16.0 Å². The second kappa shape index (κ2) is 7.93. The van der Waals surface area contributed by atoms with Crippen molar-refractivity contribution < 1.29 is 18.4 Å². The molecule has 6 nitrogen and oxygen atoms in total. The highest BCUT2D eigenvalue weighted by molar-refractivity contribution is 5.88. The highest BCUT2D eigenvalue weighted by atomic mass is 19.1. The van der Waals surface area contributed by atoms with E-state index in [2.05, 4.69) is 15.5 Å². The third kappa shape index (κ3) is 4.30. The third-order valence-electron chi connectivity index (χ3n) is 4.05. The van der Waals surface area contributed by atoms with Crippen molar-refractivity contribution >= 4 is 11.6 Å². The van der Waals surface area contributed by atoms with Crippen molar-refractivity contribution in [2.45, 2.75) is 6.92 Å². The molecule has 1 N–H and O–H groups in total. The molecule has 0 spiro atoms. The van der Waals surface area contributed by atoms with E-state index in [1.165, 1.54) is 13.0 Å². The van der Waals surface area contributed by atoms with Crippen LogP contribution in [0.4, 0.5) is 10.1 Å². The van der Waals surface area contributed by atoms with Gasteiger partial charge in [-0.25, -0.2) is 4.39 Å². The number of nitrogens with zero attached hydrogens (tertiary/aromatic N) is 2. The van der Waals surface area contributed by atoms with Crippen LogP contribution in [0.5, 0.6) is 11.5 Å². The summed E-state index contributed by atoms with van der Waals surface area (Å²) in [5.74, 6) is 1.18. The lowest BCUT2D eigenvalue weighted by atomic mass is 10.2. The molecule has 0 saturated heterocycles. The van der Waals surface area contributed by atoms with Gasteiger partial charge in [-0.05, 0) is 60.7 Å². The summed E-state index contributed by atoms with van der Waals surface area (Å²) >= 11 is 0. The average Bonchev–Trinajstić information content (AvgIpc) is 3.20. The maximum atomic E-state index is 13.9. The molecule has 3 aromatic carbocycles. The Bertz CT molecular complexity index is 1140. The van der Waals surface area contributed by atoms with Crippen LogP contribution >= 0.6 is 0 Å². The third-order valence-corrected chi connectivity index (χ3v) is 4.05. The standard InChI is InChI=1S/C22H16FN3O3/c1-14(27)24-16-8-12-18(13-9-16)28-17-10-6-15(7-11-17)21-25-22(29-26-21)19-4-2-3-5-20(19)23/h2-13H,1H3,(H,24,27). The number of rotatable bonds is 5. The van der Waals surface area contributed by atoms with Gasteiger partial charge >= 0.3 is 0 Å². The summed E-state index contributed by atoms with van der Waals surface area (Å²) in [6.45, 7) is 1.45. The van der Waals surface area contributed by atoms with E-state index < -0.39 is 5.82 Å². The van der Waals surface area contributed by atoms with Crippen LogP contribution < -0.4 is 10.1 Å². The first-order valence-electron chi connectivity index (χ1n) is 8.83. The zero-order chi connectivity index (χ0) is 20.2. The van der Waals surface area contributed by atoms with Gasteiger partial charge < -0.3 is 14.6 Å². The Balaban J connectivity index is 1.47. The molecule has 0 unspecified atom stereocenters. The SMILES string of the molecule is CC(=O)Nc1ccc(Oc2ccc(-c3noc(-c4ccccc4F)n3)cc2)cc1. The number of benzene rings is 3. The van der Waals surface area contributed by atoms with Crippen LogP contribution in [0, 0.1) is 5.82 Å². The molecule has 1 heterocycles. The Hall–Kier alpha value is -4.00. The number of hydrogen-bond acceptors (Lipinski definition) is 5. The first-order valence-corrected chi connectivity index (χ1v) is 8.83. The van der Waals surface area contributed by atoms with Crippen LogP contribution in [0.3, 0.4) is 0 Å². The Morgan fingerprint density at radius 3 is 2.28 bits per heavy atom. The molecule has 4 aromatic rings. The van der Waals surface area contributed by atoms with Crippen LogP contribution in [0.2, 0.25) is 0 Å². The number of aromatic nitrogens is 2. The van der Waals surface area contributed by atoms with E-state index in [-0.39, 0.29) is 17.4 Å². The van der Waals surface area contributed by atoms with Gasteiger partial charge in [-0.15, -0.1) is 0 Å². The maximum Gasteiger partial charge on any atom is 0.261 e. The van der Waals surface area contributed by atoms with Crippen LogP contribution in [0.1, 0.15) is 6.92 Å². The molecule has 0 aliphatic carbocycles. The van der Waals surface area contributed by atoms with Crippen molar-refractivity contribution in [3.8, 4) is 34.3 Å². The fourth-order valence-corrected chi connectivity index (χ4v) is 2.70. The predicted molar refractivity (Wildman–Crippen MR) is 106 cm³/mol. The number of anilines is 1. The number of nitrogens with one attached hydrogen (secondary N) is 1. The van der Waals surface area contributed by atoms with Crippen LogP contribution in [0.25, 0.3) is 22.8 Å². The van der Waals surface area contributed by atoms with Crippen LogP contribution in [-0.2, 0) is 4.79 Å². The molecule has 0 bridgehead atoms. The Labute approximate surface area is 166 Å². The van der Waals surface area contributed by atoms with Crippen molar-refractivity contribution in [1.82, 2.24) is 10.1 Å². The molecule has 0 saturated carbocycles. The summed E-state index contributed by atoms with van der Waals surface area (Å²) in [5, 5.41) is 6.62. The van der Waals surface area contributed by atoms with E-state index in [0.29, 0.717) is 28.6 Å². The van der Waals surface area contributed by atoms with Gasteiger partial charge in [0, 0.05) is 18.2 Å².